The molecular weight excluding hydrogens is 460 g/mol. The Morgan fingerprint density at radius 3 is 2.23 bits per heavy atom. The van der Waals surface area contributed by atoms with Crippen LogP contribution in [0.15, 0.2) is 101 Å². The number of amides is 1. The molecule has 8 heteroatoms. The molecule has 3 aromatic carbocycles. The van der Waals surface area contributed by atoms with Gasteiger partial charge < -0.3 is 9.88 Å². The molecule has 174 valence electrons. The van der Waals surface area contributed by atoms with Gasteiger partial charge in [0.25, 0.3) is 5.91 Å². The van der Waals surface area contributed by atoms with Crippen molar-refractivity contribution >= 4 is 43.8 Å². The molecule has 7 nitrogen and oxygen atoms in total. The number of allylic oxidation sites excluding steroid dienone is 1. The zero-order valence-electron chi connectivity index (χ0n) is 19.0. The second kappa shape index (κ2) is 8.81. The molecular formula is C27H22N4O3S. The van der Waals surface area contributed by atoms with Crippen LogP contribution < -0.4 is 5.32 Å². The molecule has 0 aliphatic heterocycles. The van der Waals surface area contributed by atoms with Crippen molar-refractivity contribution in [3.63, 3.8) is 0 Å². The molecule has 0 saturated heterocycles. The molecule has 0 atom stereocenters. The van der Waals surface area contributed by atoms with Crippen molar-refractivity contribution in [3.05, 3.63) is 103 Å². The van der Waals surface area contributed by atoms with E-state index in [4.69, 9.17) is 4.98 Å². The van der Waals surface area contributed by atoms with Crippen LogP contribution in [0.2, 0.25) is 0 Å². The standard InChI is InChI=1S/C27H22N4O3S/c1-3-17-31-25-23(28-21-11-7-8-12-22(21)29-25)24(35(33,34)20-15-13-18(2)14-16-20)26(31)30-27(32)19-9-5-4-6-10-19/h3-16H,1,17H2,2H3,(H,30,32). The van der Waals surface area contributed by atoms with Gasteiger partial charge in [0.05, 0.1) is 15.9 Å². The van der Waals surface area contributed by atoms with Gasteiger partial charge in [0.1, 0.15) is 16.2 Å². The summed E-state index contributed by atoms with van der Waals surface area (Å²) in [5.41, 5.74) is 3.03. The summed E-state index contributed by atoms with van der Waals surface area (Å²) in [6.45, 7) is 5.92. The highest BCUT2D eigenvalue weighted by molar-refractivity contribution is 7.92. The lowest BCUT2D eigenvalue weighted by Gasteiger charge is -2.12. The highest BCUT2D eigenvalue weighted by Gasteiger charge is 2.32. The van der Waals surface area contributed by atoms with Gasteiger partial charge >= 0.3 is 0 Å². The van der Waals surface area contributed by atoms with Gasteiger partial charge in [-0.25, -0.2) is 18.4 Å². The molecule has 35 heavy (non-hydrogen) atoms. The van der Waals surface area contributed by atoms with Gasteiger partial charge in [-0.2, -0.15) is 0 Å². The summed E-state index contributed by atoms with van der Waals surface area (Å²) < 4.78 is 29.6. The third-order valence-corrected chi connectivity index (χ3v) is 7.50. The average Bonchev–Trinajstić information content (AvgIpc) is 3.16. The number of nitrogens with one attached hydrogen (secondary N) is 1. The van der Waals surface area contributed by atoms with Gasteiger partial charge in [-0.15, -0.1) is 6.58 Å². The maximum atomic E-state index is 14.0. The van der Waals surface area contributed by atoms with Gasteiger partial charge in [-0.3, -0.25) is 4.79 Å². The SMILES string of the molecule is C=CCn1c(NC(=O)c2ccccc2)c(S(=O)(=O)c2ccc(C)cc2)c2nc3ccccc3nc21. The van der Waals surface area contributed by atoms with Crippen molar-refractivity contribution in [2.45, 2.75) is 23.3 Å². The molecule has 5 aromatic rings. The van der Waals surface area contributed by atoms with Crippen LogP contribution in [-0.2, 0) is 16.4 Å². The van der Waals surface area contributed by atoms with Crippen molar-refractivity contribution < 1.29 is 13.2 Å². The highest BCUT2D eigenvalue weighted by Crippen LogP contribution is 2.37. The monoisotopic (exact) mass is 482 g/mol. The first-order valence-electron chi connectivity index (χ1n) is 11.0. The van der Waals surface area contributed by atoms with Crippen LogP contribution in [0.5, 0.6) is 0 Å². The summed E-state index contributed by atoms with van der Waals surface area (Å²) in [4.78, 5) is 22.6. The van der Waals surface area contributed by atoms with E-state index in [1.807, 2.05) is 25.1 Å². The minimum Gasteiger partial charge on any atom is -0.307 e. The van der Waals surface area contributed by atoms with E-state index in [0.717, 1.165) is 5.56 Å². The Balaban J connectivity index is 1.84. The van der Waals surface area contributed by atoms with Gasteiger partial charge in [0.15, 0.2) is 5.65 Å². The van der Waals surface area contributed by atoms with Crippen LogP contribution in [0.1, 0.15) is 15.9 Å². The Kier molecular flexibility index (Phi) is 5.66. The maximum absolute atomic E-state index is 14.0. The lowest BCUT2D eigenvalue weighted by Crippen LogP contribution is -2.17. The molecule has 0 fully saturated rings. The normalized spacial score (nSPS) is 11.6. The number of anilines is 1. The predicted molar refractivity (Wildman–Crippen MR) is 136 cm³/mol. The number of hydrogen-bond acceptors (Lipinski definition) is 5. The largest absolute Gasteiger partial charge is 0.307 e. The Labute approximate surface area is 202 Å². The molecule has 2 heterocycles. The number of carbonyl (C=O) groups is 1. The van der Waals surface area contributed by atoms with Crippen LogP contribution in [0.4, 0.5) is 5.82 Å². The second-order valence-corrected chi connectivity index (χ2v) is 9.98. The van der Waals surface area contributed by atoms with Crippen LogP contribution in [-0.4, -0.2) is 28.9 Å². The number of fused-ring (bicyclic) bond motifs is 2. The number of nitrogens with zero attached hydrogens (tertiary/aromatic N) is 3. The summed E-state index contributed by atoms with van der Waals surface area (Å²) in [5.74, 6) is -0.340. The first-order chi connectivity index (χ1) is 16.9. The third kappa shape index (κ3) is 3.98. The van der Waals surface area contributed by atoms with Gasteiger partial charge in [-0.1, -0.05) is 54.1 Å². The van der Waals surface area contributed by atoms with Crippen LogP contribution in [0.25, 0.3) is 22.2 Å². The summed E-state index contributed by atoms with van der Waals surface area (Å²) in [5, 5.41) is 2.83. The molecule has 5 rings (SSSR count). The molecule has 0 bridgehead atoms. The average molecular weight is 483 g/mol. The summed E-state index contributed by atoms with van der Waals surface area (Å²) in [6.07, 6.45) is 1.62. The van der Waals surface area contributed by atoms with E-state index in [9.17, 15) is 13.2 Å². The van der Waals surface area contributed by atoms with Crippen molar-refractivity contribution in [2.75, 3.05) is 5.32 Å². The Morgan fingerprint density at radius 1 is 0.943 bits per heavy atom. The van der Waals surface area contributed by atoms with Crippen LogP contribution in [0, 0.1) is 6.92 Å². The fraction of sp³-hybridized carbons (Fsp3) is 0.0741. The van der Waals surface area contributed by atoms with E-state index in [-0.39, 0.29) is 27.7 Å². The van der Waals surface area contributed by atoms with Crippen molar-refractivity contribution in [1.82, 2.24) is 14.5 Å². The summed E-state index contributed by atoms with van der Waals surface area (Å²) >= 11 is 0. The van der Waals surface area contributed by atoms with E-state index in [0.29, 0.717) is 22.2 Å². The first kappa shape index (κ1) is 22.5. The van der Waals surface area contributed by atoms with Crippen LogP contribution in [0.3, 0.4) is 0 Å². The number of aromatic nitrogens is 3. The number of rotatable bonds is 6. The molecule has 2 aromatic heterocycles. The topological polar surface area (TPSA) is 94.0 Å². The first-order valence-corrected chi connectivity index (χ1v) is 12.5. The number of hydrogen-bond donors (Lipinski definition) is 1. The number of sulfone groups is 1. The van der Waals surface area contributed by atoms with E-state index >= 15 is 0 Å². The number of carbonyl (C=O) groups excluding carboxylic acids is 1. The van der Waals surface area contributed by atoms with E-state index in [1.54, 1.807) is 71.3 Å². The Morgan fingerprint density at radius 2 is 1.57 bits per heavy atom. The van der Waals surface area contributed by atoms with Gasteiger partial charge in [0.2, 0.25) is 9.84 Å². The minimum absolute atomic E-state index is 0.0965. The summed E-state index contributed by atoms with van der Waals surface area (Å²) in [7, 11) is -4.08. The maximum Gasteiger partial charge on any atom is 0.256 e. The fourth-order valence-electron chi connectivity index (χ4n) is 3.96. The molecule has 1 amide bonds. The second-order valence-electron chi connectivity index (χ2n) is 8.10. The Bertz CT molecular complexity index is 1690. The number of benzene rings is 3. The number of aryl methyl sites for hydroxylation is 1. The van der Waals surface area contributed by atoms with Crippen molar-refractivity contribution in [1.29, 1.82) is 0 Å². The molecule has 0 radical (unpaired) electrons. The highest BCUT2D eigenvalue weighted by atomic mass is 32.2. The number of para-hydroxylation sites is 2. The lowest BCUT2D eigenvalue weighted by atomic mass is 10.2. The lowest BCUT2D eigenvalue weighted by molar-refractivity contribution is 0.102. The molecule has 0 unspecified atom stereocenters. The molecule has 0 spiro atoms. The minimum atomic E-state index is -4.08. The van der Waals surface area contributed by atoms with E-state index in [2.05, 4.69) is 16.9 Å². The molecule has 1 N–H and O–H groups in total. The Hall–Kier alpha value is -4.30. The van der Waals surface area contributed by atoms with E-state index < -0.39 is 15.7 Å². The summed E-state index contributed by atoms with van der Waals surface area (Å²) in [6, 6.07) is 22.4. The zero-order valence-corrected chi connectivity index (χ0v) is 19.8. The molecule has 0 aliphatic carbocycles. The van der Waals surface area contributed by atoms with Gasteiger partial charge in [0, 0.05) is 12.1 Å². The fourth-order valence-corrected chi connectivity index (χ4v) is 5.50. The van der Waals surface area contributed by atoms with Crippen LogP contribution >= 0.6 is 0 Å². The third-order valence-electron chi connectivity index (χ3n) is 5.69. The molecule has 0 saturated carbocycles. The predicted octanol–water partition coefficient (Wildman–Crippen LogP) is 5.16. The van der Waals surface area contributed by atoms with Crippen molar-refractivity contribution in [2.24, 2.45) is 0 Å². The smallest absolute Gasteiger partial charge is 0.256 e. The van der Waals surface area contributed by atoms with Gasteiger partial charge in [-0.05, 0) is 43.3 Å². The van der Waals surface area contributed by atoms with Crippen molar-refractivity contribution in [3.8, 4) is 0 Å². The molecule has 0 aliphatic rings. The van der Waals surface area contributed by atoms with E-state index in [1.165, 1.54) is 0 Å². The zero-order chi connectivity index (χ0) is 24.6. The quantitative estimate of drug-likeness (QED) is 0.337.